The molecular formula is C15H21NO3. The molecule has 0 aliphatic heterocycles. The Labute approximate surface area is 114 Å². The number of amides is 1. The van der Waals surface area contributed by atoms with Crippen molar-refractivity contribution in [3.63, 3.8) is 0 Å². The predicted octanol–water partition coefficient (Wildman–Crippen LogP) is 2.19. The molecule has 104 valence electrons. The third kappa shape index (κ3) is 5.12. The van der Waals surface area contributed by atoms with Gasteiger partial charge in [-0.1, -0.05) is 30.3 Å². The Balaban J connectivity index is 2.58. The number of aryl methyl sites for hydroxylation is 1. The Bertz CT molecular complexity index is 403. The van der Waals surface area contributed by atoms with E-state index in [0.717, 1.165) is 12.0 Å². The smallest absolute Gasteiger partial charge is 0.308 e. The molecule has 0 saturated heterocycles. The Morgan fingerprint density at radius 3 is 2.42 bits per heavy atom. The molecule has 0 fully saturated rings. The van der Waals surface area contributed by atoms with Crippen LogP contribution in [0, 0.1) is 5.92 Å². The number of carbonyl (C=O) groups is 2. The van der Waals surface area contributed by atoms with Crippen LogP contribution in [0.4, 0.5) is 0 Å². The molecule has 1 atom stereocenters. The second kappa shape index (κ2) is 7.56. The van der Waals surface area contributed by atoms with Gasteiger partial charge in [0.25, 0.3) is 0 Å². The zero-order valence-corrected chi connectivity index (χ0v) is 11.5. The van der Waals surface area contributed by atoms with Crippen LogP contribution in [0.25, 0.3) is 0 Å². The van der Waals surface area contributed by atoms with E-state index in [9.17, 15) is 14.7 Å². The number of aliphatic carboxylic acids is 1. The largest absolute Gasteiger partial charge is 0.481 e. The lowest BCUT2D eigenvalue weighted by Gasteiger charge is -2.25. The highest BCUT2D eigenvalue weighted by molar-refractivity contribution is 5.70. The number of rotatable bonds is 8. The lowest BCUT2D eigenvalue weighted by atomic mass is 9.98. The summed E-state index contributed by atoms with van der Waals surface area (Å²) in [5.41, 5.74) is 1.12. The van der Waals surface area contributed by atoms with Crippen molar-refractivity contribution >= 4 is 12.4 Å². The van der Waals surface area contributed by atoms with Gasteiger partial charge in [-0.3, -0.25) is 9.59 Å². The summed E-state index contributed by atoms with van der Waals surface area (Å²) in [5.74, 6) is -1.36. The van der Waals surface area contributed by atoms with Gasteiger partial charge in [0.1, 0.15) is 0 Å². The molecule has 0 heterocycles. The minimum Gasteiger partial charge on any atom is -0.481 e. The second-order valence-electron chi connectivity index (χ2n) is 4.96. The van der Waals surface area contributed by atoms with E-state index in [2.05, 4.69) is 0 Å². The number of carbonyl (C=O) groups excluding carboxylic acids is 1. The maximum absolute atomic E-state index is 11.3. The van der Waals surface area contributed by atoms with Gasteiger partial charge < -0.3 is 10.0 Å². The van der Waals surface area contributed by atoms with Crippen molar-refractivity contribution in [1.29, 1.82) is 0 Å². The van der Waals surface area contributed by atoms with E-state index in [0.29, 0.717) is 12.8 Å². The molecule has 0 aromatic heterocycles. The van der Waals surface area contributed by atoms with Crippen LogP contribution in [-0.2, 0) is 16.0 Å². The van der Waals surface area contributed by atoms with Gasteiger partial charge >= 0.3 is 5.97 Å². The van der Waals surface area contributed by atoms with Crippen LogP contribution >= 0.6 is 0 Å². The molecule has 0 aliphatic carbocycles. The lowest BCUT2D eigenvalue weighted by Crippen LogP contribution is -2.37. The Hall–Kier alpha value is -1.84. The summed E-state index contributed by atoms with van der Waals surface area (Å²) in [5, 5.41) is 9.23. The van der Waals surface area contributed by atoms with E-state index < -0.39 is 11.9 Å². The molecule has 1 N–H and O–H groups in total. The van der Waals surface area contributed by atoms with Gasteiger partial charge in [0.05, 0.1) is 5.92 Å². The summed E-state index contributed by atoms with van der Waals surface area (Å²) in [7, 11) is 0. The van der Waals surface area contributed by atoms with Gasteiger partial charge in [-0.2, -0.15) is 0 Å². The van der Waals surface area contributed by atoms with E-state index in [4.69, 9.17) is 0 Å². The van der Waals surface area contributed by atoms with Crippen molar-refractivity contribution in [3.8, 4) is 0 Å². The number of benzene rings is 1. The second-order valence-corrected chi connectivity index (χ2v) is 4.96. The molecular weight excluding hydrogens is 242 g/mol. The average molecular weight is 263 g/mol. The van der Waals surface area contributed by atoms with Crippen LogP contribution in [0.3, 0.4) is 0 Å². The van der Waals surface area contributed by atoms with E-state index >= 15 is 0 Å². The quantitative estimate of drug-likeness (QED) is 0.731. The molecule has 1 aromatic rings. The normalized spacial score (nSPS) is 12.2. The third-order valence-corrected chi connectivity index (χ3v) is 3.20. The van der Waals surface area contributed by atoms with Gasteiger partial charge in [-0.05, 0) is 32.3 Å². The zero-order chi connectivity index (χ0) is 14.3. The lowest BCUT2D eigenvalue weighted by molar-refractivity contribution is -0.143. The first-order valence-electron chi connectivity index (χ1n) is 6.52. The van der Waals surface area contributed by atoms with Crippen LogP contribution in [-0.4, -0.2) is 35.0 Å². The van der Waals surface area contributed by atoms with Crippen molar-refractivity contribution in [1.82, 2.24) is 4.90 Å². The van der Waals surface area contributed by atoms with E-state index in [1.807, 2.05) is 44.2 Å². The standard InChI is InChI=1S/C15H21NO3/c1-12(2)16(11-17)10-14(15(18)19)9-8-13-6-4-3-5-7-13/h3-7,11-12,14H,8-10H2,1-2H3,(H,18,19). The van der Waals surface area contributed by atoms with Gasteiger partial charge in [-0.15, -0.1) is 0 Å². The van der Waals surface area contributed by atoms with Gasteiger partial charge in [0.15, 0.2) is 0 Å². The number of carboxylic acids is 1. The summed E-state index contributed by atoms with van der Waals surface area (Å²) in [6, 6.07) is 9.81. The highest BCUT2D eigenvalue weighted by Gasteiger charge is 2.21. The fourth-order valence-corrected chi connectivity index (χ4v) is 1.91. The van der Waals surface area contributed by atoms with E-state index in [-0.39, 0.29) is 12.6 Å². The molecule has 19 heavy (non-hydrogen) atoms. The Morgan fingerprint density at radius 2 is 1.95 bits per heavy atom. The minimum absolute atomic E-state index is 0.0241. The predicted molar refractivity (Wildman–Crippen MR) is 73.8 cm³/mol. The van der Waals surface area contributed by atoms with E-state index in [1.54, 1.807) is 0 Å². The topological polar surface area (TPSA) is 57.6 Å². The number of carboxylic acid groups (broad SMARTS) is 1. The van der Waals surface area contributed by atoms with Gasteiger partial charge in [0, 0.05) is 12.6 Å². The van der Waals surface area contributed by atoms with Crippen LogP contribution in [0.2, 0.25) is 0 Å². The van der Waals surface area contributed by atoms with Gasteiger partial charge in [-0.25, -0.2) is 0 Å². The molecule has 0 aliphatic rings. The Morgan fingerprint density at radius 1 is 1.32 bits per heavy atom. The summed E-state index contributed by atoms with van der Waals surface area (Å²) in [6.07, 6.45) is 1.97. The zero-order valence-electron chi connectivity index (χ0n) is 11.5. The molecule has 0 bridgehead atoms. The highest BCUT2D eigenvalue weighted by Crippen LogP contribution is 2.13. The summed E-state index contributed by atoms with van der Waals surface area (Å²) in [6.45, 7) is 4.03. The minimum atomic E-state index is -0.844. The molecule has 0 spiro atoms. The first kappa shape index (κ1) is 15.2. The molecule has 4 nitrogen and oxygen atoms in total. The van der Waals surface area contributed by atoms with Crippen LogP contribution in [0.5, 0.6) is 0 Å². The fraction of sp³-hybridized carbons (Fsp3) is 0.467. The first-order valence-corrected chi connectivity index (χ1v) is 6.52. The van der Waals surface area contributed by atoms with Crippen molar-refractivity contribution in [2.24, 2.45) is 5.92 Å². The first-order chi connectivity index (χ1) is 9.04. The summed E-state index contributed by atoms with van der Waals surface area (Å²) < 4.78 is 0. The van der Waals surface area contributed by atoms with Crippen LogP contribution in [0.15, 0.2) is 30.3 Å². The maximum Gasteiger partial charge on any atom is 0.308 e. The van der Waals surface area contributed by atoms with Crippen LogP contribution < -0.4 is 0 Å². The highest BCUT2D eigenvalue weighted by atomic mass is 16.4. The van der Waals surface area contributed by atoms with E-state index in [1.165, 1.54) is 4.90 Å². The Kier molecular flexibility index (Phi) is 6.06. The average Bonchev–Trinajstić information content (AvgIpc) is 2.39. The fourth-order valence-electron chi connectivity index (χ4n) is 1.91. The van der Waals surface area contributed by atoms with Crippen molar-refractivity contribution in [2.75, 3.05) is 6.54 Å². The molecule has 0 radical (unpaired) electrons. The molecule has 1 aromatic carbocycles. The molecule has 0 saturated carbocycles. The third-order valence-electron chi connectivity index (χ3n) is 3.20. The van der Waals surface area contributed by atoms with Crippen molar-refractivity contribution in [2.45, 2.75) is 32.7 Å². The number of hydrogen-bond donors (Lipinski definition) is 1. The van der Waals surface area contributed by atoms with Crippen molar-refractivity contribution in [3.05, 3.63) is 35.9 Å². The van der Waals surface area contributed by atoms with Crippen molar-refractivity contribution < 1.29 is 14.7 Å². The number of nitrogens with zero attached hydrogens (tertiary/aromatic N) is 1. The summed E-state index contributed by atoms with van der Waals surface area (Å²) >= 11 is 0. The SMILES string of the molecule is CC(C)N(C=O)CC(CCc1ccccc1)C(=O)O. The maximum atomic E-state index is 11.3. The monoisotopic (exact) mass is 263 g/mol. The van der Waals surface area contributed by atoms with Gasteiger partial charge in [0.2, 0.25) is 6.41 Å². The van der Waals surface area contributed by atoms with Crippen LogP contribution in [0.1, 0.15) is 25.8 Å². The molecule has 1 unspecified atom stereocenters. The number of hydrogen-bond acceptors (Lipinski definition) is 2. The molecule has 1 amide bonds. The molecule has 1 rings (SSSR count). The molecule has 4 heteroatoms. The summed E-state index contributed by atoms with van der Waals surface area (Å²) in [4.78, 5) is 23.7.